The number of alkyl halides is 3. The molecule has 0 fully saturated rings. The number of aryl methyl sites for hydroxylation is 1. The van der Waals surface area contributed by atoms with E-state index in [1.165, 1.54) is 24.3 Å². The van der Waals surface area contributed by atoms with Crippen LogP contribution in [0.2, 0.25) is 0 Å². The van der Waals surface area contributed by atoms with Crippen molar-refractivity contribution >= 4 is 21.9 Å². The molecule has 2 rings (SSSR count). The molecule has 0 atom stereocenters. The molecule has 2 aromatic rings. The number of ether oxygens (including phenoxy) is 1. The maximum Gasteiger partial charge on any atom is 0.419 e. The zero-order valence-electron chi connectivity index (χ0n) is 11.9. The number of hydrogen-bond acceptors (Lipinski definition) is 2. The lowest BCUT2D eigenvalue weighted by Crippen LogP contribution is -2.11. The third-order valence-corrected chi connectivity index (χ3v) is 3.90. The first-order chi connectivity index (χ1) is 10.7. The predicted octanol–water partition coefficient (Wildman–Crippen LogP) is 5.05. The molecule has 23 heavy (non-hydrogen) atoms. The lowest BCUT2D eigenvalue weighted by Gasteiger charge is -2.16. The normalized spacial score (nSPS) is 11.3. The molecule has 7 heteroatoms. The minimum Gasteiger partial charge on any atom is -0.488 e. The van der Waals surface area contributed by atoms with Crippen LogP contribution in [0.1, 0.15) is 27.0 Å². The van der Waals surface area contributed by atoms with Crippen molar-refractivity contribution < 1.29 is 27.8 Å². The molecule has 0 saturated carbocycles. The number of carboxylic acid groups (broad SMARTS) is 1. The molecule has 0 radical (unpaired) electrons. The highest BCUT2D eigenvalue weighted by Crippen LogP contribution is 2.37. The van der Waals surface area contributed by atoms with Crippen molar-refractivity contribution in [2.24, 2.45) is 0 Å². The van der Waals surface area contributed by atoms with Crippen LogP contribution in [0.25, 0.3) is 0 Å². The van der Waals surface area contributed by atoms with Gasteiger partial charge in [0.15, 0.2) is 0 Å². The zero-order valence-corrected chi connectivity index (χ0v) is 13.5. The number of carbonyl (C=O) groups is 1. The first-order valence-electron chi connectivity index (χ1n) is 6.51. The Morgan fingerprint density at radius 3 is 2.57 bits per heavy atom. The van der Waals surface area contributed by atoms with Crippen LogP contribution in [0, 0.1) is 6.92 Å². The summed E-state index contributed by atoms with van der Waals surface area (Å²) in [5.74, 6) is -1.51. The van der Waals surface area contributed by atoms with Crippen molar-refractivity contribution in [2.45, 2.75) is 19.7 Å². The van der Waals surface area contributed by atoms with Gasteiger partial charge in [-0.15, -0.1) is 0 Å². The summed E-state index contributed by atoms with van der Waals surface area (Å²) >= 11 is 3.19. The minimum absolute atomic E-state index is 0.0277. The van der Waals surface area contributed by atoms with Gasteiger partial charge in [0.2, 0.25) is 0 Å². The summed E-state index contributed by atoms with van der Waals surface area (Å²) in [5, 5.41) is 9.15. The number of halogens is 4. The SMILES string of the molecule is Cc1ccc(OCc2c(Br)cccc2C(=O)O)c(C(F)(F)F)c1. The molecule has 0 aliphatic carbocycles. The lowest BCUT2D eigenvalue weighted by atomic mass is 10.1. The van der Waals surface area contributed by atoms with E-state index in [0.29, 0.717) is 10.0 Å². The van der Waals surface area contributed by atoms with Crippen LogP contribution in [0.15, 0.2) is 40.9 Å². The molecule has 0 unspecified atom stereocenters. The third kappa shape index (κ3) is 4.04. The van der Waals surface area contributed by atoms with Gasteiger partial charge in [-0.25, -0.2) is 4.79 Å². The van der Waals surface area contributed by atoms with Gasteiger partial charge in [-0.3, -0.25) is 0 Å². The average molecular weight is 389 g/mol. The quantitative estimate of drug-likeness (QED) is 0.796. The van der Waals surface area contributed by atoms with E-state index < -0.39 is 17.7 Å². The topological polar surface area (TPSA) is 46.5 Å². The highest BCUT2D eigenvalue weighted by atomic mass is 79.9. The fourth-order valence-electron chi connectivity index (χ4n) is 2.05. The van der Waals surface area contributed by atoms with Gasteiger partial charge >= 0.3 is 12.1 Å². The van der Waals surface area contributed by atoms with Crippen molar-refractivity contribution in [1.82, 2.24) is 0 Å². The summed E-state index contributed by atoms with van der Waals surface area (Å²) in [6, 6.07) is 8.23. The van der Waals surface area contributed by atoms with E-state index in [2.05, 4.69) is 15.9 Å². The molecule has 1 N–H and O–H groups in total. The van der Waals surface area contributed by atoms with Gasteiger partial charge in [0.25, 0.3) is 0 Å². The second kappa shape index (κ2) is 6.62. The maximum atomic E-state index is 13.1. The second-order valence-electron chi connectivity index (χ2n) is 4.86. The van der Waals surface area contributed by atoms with Crippen molar-refractivity contribution in [3.05, 3.63) is 63.1 Å². The van der Waals surface area contributed by atoms with E-state index in [1.807, 2.05) is 0 Å². The molecule has 2 aromatic carbocycles. The van der Waals surface area contributed by atoms with Crippen LogP contribution in [0.3, 0.4) is 0 Å². The van der Waals surface area contributed by atoms with Gasteiger partial charge < -0.3 is 9.84 Å². The Bertz CT molecular complexity index is 742. The van der Waals surface area contributed by atoms with Crippen LogP contribution in [0.4, 0.5) is 13.2 Å². The second-order valence-corrected chi connectivity index (χ2v) is 5.71. The summed E-state index contributed by atoms with van der Waals surface area (Å²) in [6.07, 6.45) is -4.55. The molecule has 0 heterocycles. The van der Waals surface area contributed by atoms with Crippen molar-refractivity contribution in [2.75, 3.05) is 0 Å². The Balaban J connectivity index is 2.35. The van der Waals surface area contributed by atoms with E-state index in [-0.39, 0.29) is 23.5 Å². The Morgan fingerprint density at radius 2 is 1.96 bits per heavy atom. The van der Waals surface area contributed by atoms with Crippen LogP contribution in [0.5, 0.6) is 5.75 Å². The molecule has 0 spiro atoms. The number of hydrogen-bond donors (Lipinski definition) is 1. The van der Waals surface area contributed by atoms with E-state index >= 15 is 0 Å². The summed E-state index contributed by atoms with van der Waals surface area (Å²) in [4.78, 5) is 11.2. The Morgan fingerprint density at radius 1 is 1.26 bits per heavy atom. The van der Waals surface area contributed by atoms with Gasteiger partial charge in [-0.05, 0) is 31.2 Å². The van der Waals surface area contributed by atoms with E-state index in [9.17, 15) is 18.0 Å². The summed E-state index contributed by atoms with van der Waals surface area (Å²) < 4.78 is 44.9. The van der Waals surface area contributed by atoms with E-state index in [1.54, 1.807) is 13.0 Å². The number of benzene rings is 2. The van der Waals surface area contributed by atoms with E-state index in [4.69, 9.17) is 9.84 Å². The fourth-order valence-corrected chi connectivity index (χ4v) is 2.53. The third-order valence-electron chi connectivity index (χ3n) is 3.16. The highest BCUT2D eigenvalue weighted by molar-refractivity contribution is 9.10. The van der Waals surface area contributed by atoms with Gasteiger partial charge in [0, 0.05) is 10.0 Å². The van der Waals surface area contributed by atoms with Crippen molar-refractivity contribution in [1.29, 1.82) is 0 Å². The summed E-state index contributed by atoms with van der Waals surface area (Å²) in [5.41, 5.74) is -0.188. The monoisotopic (exact) mass is 388 g/mol. The average Bonchev–Trinajstić information content (AvgIpc) is 2.45. The molecule has 0 aliphatic heterocycles. The summed E-state index contributed by atoms with van der Waals surface area (Å²) in [6.45, 7) is 1.25. The van der Waals surface area contributed by atoms with Crippen LogP contribution < -0.4 is 4.74 Å². The maximum absolute atomic E-state index is 13.1. The molecule has 0 aromatic heterocycles. The van der Waals surface area contributed by atoms with Gasteiger partial charge in [-0.1, -0.05) is 33.6 Å². The predicted molar refractivity (Wildman–Crippen MR) is 81.6 cm³/mol. The van der Waals surface area contributed by atoms with Crippen molar-refractivity contribution in [3.63, 3.8) is 0 Å². The van der Waals surface area contributed by atoms with Gasteiger partial charge in [0.05, 0.1) is 11.1 Å². The first kappa shape index (κ1) is 17.3. The Kier molecular flexibility index (Phi) is 4.99. The molecule has 0 aliphatic rings. The fraction of sp³-hybridized carbons (Fsp3) is 0.188. The number of rotatable bonds is 4. The van der Waals surface area contributed by atoms with Crippen LogP contribution in [-0.2, 0) is 12.8 Å². The van der Waals surface area contributed by atoms with Gasteiger partial charge in [-0.2, -0.15) is 13.2 Å². The molecule has 3 nitrogen and oxygen atoms in total. The molecule has 0 saturated heterocycles. The zero-order chi connectivity index (χ0) is 17.2. The Hall–Kier alpha value is -2.02. The standard InChI is InChI=1S/C16H12BrF3O3/c1-9-5-6-14(12(7-9)16(18,19)20)23-8-11-10(15(21)22)3-2-4-13(11)17/h2-7H,8H2,1H3,(H,21,22). The smallest absolute Gasteiger partial charge is 0.419 e. The minimum atomic E-state index is -4.55. The van der Waals surface area contributed by atoms with Gasteiger partial charge in [0.1, 0.15) is 12.4 Å². The first-order valence-corrected chi connectivity index (χ1v) is 7.31. The van der Waals surface area contributed by atoms with E-state index in [0.717, 1.165) is 6.07 Å². The van der Waals surface area contributed by atoms with Crippen molar-refractivity contribution in [3.8, 4) is 5.75 Å². The highest BCUT2D eigenvalue weighted by Gasteiger charge is 2.34. The molecule has 0 amide bonds. The van der Waals surface area contributed by atoms with Crippen LogP contribution >= 0.6 is 15.9 Å². The largest absolute Gasteiger partial charge is 0.488 e. The Labute approximate surface area is 138 Å². The molecular weight excluding hydrogens is 377 g/mol. The van der Waals surface area contributed by atoms with Crippen LogP contribution in [-0.4, -0.2) is 11.1 Å². The molecule has 122 valence electrons. The number of carboxylic acids is 1. The molecule has 0 bridgehead atoms. The summed E-state index contributed by atoms with van der Waals surface area (Å²) in [7, 11) is 0. The molecular formula is C16H12BrF3O3. The lowest BCUT2D eigenvalue weighted by molar-refractivity contribution is -0.139. The number of aromatic carboxylic acids is 1.